The first-order valence-corrected chi connectivity index (χ1v) is 7.91. The summed E-state index contributed by atoms with van der Waals surface area (Å²) in [5.41, 5.74) is 0.727. The summed E-state index contributed by atoms with van der Waals surface area (Å²) >= 11 is 0. The highest BCUT2D eigenvalue weighted by atomic mass is 16.6. The minimum atomic E-state index is -0.300. The fourth-order valence-corrected chi connectivity index (χ4v) is 2.79. The van der Waals surface area contributed by atoms with Crippen LogP contribution in [-0.4, -0.2) is 67.9 Å². The molecule has 2 heterocycles. The SMILES string of the molecule is CN(CCO)C(=O)N[C@@H]1CC(=O)N(c2ccc3c(c2)OCCO3)C1. The Morgan fingerprint density at radius 2 is 2.12 bits per heavy atom. The number of ether oxygens (including phenoxy) is 2. The number of benzene rings is 1. The zero-order valence-electron chi connectivity index (χ0n) is 13.5. The number of nitrogens with zero attached hydrogens (tertiary/aromatic N) is 2. The quantitative estimate of drug-likeness (QED) is 0.820. The predicted molar refractivity (Wildman–Crippen MR) is 86.4 cm³/mol. The molecule has 3 amide bonds. The first-order valence-electron chi connectivity index (χ1n) is 7.91. The Kier molecular flexibility index (Phi) is 4.75. The zero-order chi connectivity index (χ0) is 17.1. The molecule has 0 unspecified atom stereocenters. The molecular formula is C16H21N3O5. The monoisotopic (exact) mass is 335 g/mol. The molecule has 130 valence electrons. The maximum atomic E-state index is 12.3. The fourth-order valence-electron chi connectivity index (χ4n) is 2.79. The van der Waals surface area contributed by atoms with E-state index in [4.69, 9.17) is 14.6 Å². The number of urea groups is 1. The summed E-state index contributed by atoms with van der Waals surface area (Å²) in [6, 6.07) is 4.82. The number of hydrogen-bond acceptors (Lipinski definition) is 5. The van der Waals surface area contributed by atoms with Gasteiger partial charge in [0.1, 0.15) is 13.2 Å². The number of likely N-dealkylation sites (N-methyl/N-ethyl adjacent to an activating group) is 1. The van der Waals surface area contributed by atoms with Crippen LogP contribution in [0.15, 0.2) is 18.2 Å². The van der Waals surface area contributed by atoms with Gasteiger partial charge in [-0.15, -0.1) is 0 Å². The Labute approximate surface area is 139 Å². The highest BCUT2D eigenvalue weighted by Crippen LogP contribution is 2.35. The van der Waals surface area contributed by atoms with Crippen LogP contribution in [0.25, 0.3) is 0 Å². The largest absolute Gasteiger partial charge is 0.486 e. The number of carbonyl (C=O) groups is 2. The molecule has 24 heavy (non-hydrogen) atoms. The molecule has 0 bridgehead atoms. The molecular weight excluding hydrogens is 314 g/mol. The van der Waals surface area contributed by atoms with Gasteiger partial charge in [0.2, 0.25) is 5.91 Å². The van der Waals surface area contributed by atoms with Gasteiger partial charge in [0.05, 0.1) is 12.6 Å². The van der Waals surface area contributed by atoms with E-state index in [9.17, 15) is 9.59 Å². The van der Waals surface area contributed by atoms with Gasteiger partial charge in [0.15, 0.2) is 11.5 Å². The van der Waals surface area contributed by atoms with Crippen molar-refractivity contribution in [3.63, 3.8) is 0 Å². The van der Waals surface area contributed by atoms with E-state index < -0.39 is 0 Å². The smallest absolute Gasteiger partial charge is 0.317 e. The van der Waals surface area contributed by atoms with E-state index in [0.717, 1.165) is 5.69 Å². The molecule has 2 N–H and O–H groups in total. The summed E-state index contributed by atoms with van der Waals surface area (Å²) in [6.07, 6.45) is 0.243. The molecule has 2 aliphatic heterocycles. The molecule has 3 rings (SSSR count). The lowest BCUT2D eigenvalue weighted by Gasteiger charge is -2.23. The van der Waals surface area contributed by atoms with Crippen molar-refractivity contribution in [1.29, 1.82) is 0 Å². The second-order valence-corrected chi connectivity index (χ2v) is 5.83. The van der Waals surface area contributed by atoms with Crippen molar-refractivity contribution in [2.75, 3.05) is 44.9 Å². The fraction of sp³-hybridized carbons (Fsp3) is 0.500. The Morgan fingerprint density at radius 1 is 1.38 bits per heavy atom. The molecule has 0 spiro atoms. The van der Waals surface area contributed by atoms with Crippen molar-refractivity contribution in [1.82, 2.24) is 10.2 Å². The highest BCUT2D eigenvalue weighted by molar-refractivity contribution is 5.97. The van der Waals surface area contributed by atoms with Crippen molar-refractivity contribution >= 4 is 17.6 Å². The van der Waals surface area contributed by atoms with Gasteiger partial charge in [-0.05, 0) is 12.1 Å². The van der Waals surface area contributed by atoms with E-state index in [0.29, 0.717) is 31.3 Å². The van der Waals surface area contributed by atoms with E-state index in [1.54, 1.807) is 24.1 Å². The van der Waals surface area contributed by atoms with Crippen molar-refractivity contribution < 1.29 is 24.2 Å². The zero-order valence-corrected chi connectivity index (χ0v) is 13.5. The highest BCUT2D eigenvalue weighted by Gasteiger charge is 2.32. The van der Waals surface area contributed by atoms with Crippen LogP contribution in [0.3, 0.4) is 0 Å². The van der Waals surface area contributed by atoms with Gasteiger partial charge in [0.25, 0.3) is 0 Å². The molecule has 1 aromatic rings. The number of fused-ring (bicyclic) bond motifs is 1. The topological polar surface area (TPSA) is 91.3 Å². The van der Waals surface area contributed by atoms with Crippen molar-refractivity contribution in [3.05, 3.63) is 18.2 Å². The third-order valence-electron chi connectivity index (χ3n) is 4.07. The summed E-state index contributed by atoms with van der Waals surface area (Å²) in [5.74, 6) is 1.25. The number of aliphatic hydroxyl groups is 1. The minimum absolute atomic E-state index is 0.0539. The summed E-state index contributed by atoms with van der Waals surface area (Å²) in [4.78, 5) is 27.3. The molecule has 0 radical (unpaired) electrons. The number of hydrogen-bond donors (Lipinski definition) is 2. The number of anilines is 1. The van der Waals surface area contributed by atoms with E-state index >= 15 is 0 Å². The maximum Gasteiger partial charge on any atom is 0.317 e. The molecule has 0 aromatic heterocycles. The standard InChI is InChI=1S/C16H21N3O5/c1-18(4-5-20)16(22)17-11-8-15(21)19(10-11)12-2-3-13-14(9-12)24-7-6-23-13/h2-3,9,11,20H,4-8,10H2,1H3,(H,17,22)/t11-/m1/s1. The molecule has 0 saturated carbocycles. The van der Waals surface area contributed by atoms with Gasteiger partial charge in [-0.25, -0.2) is 4.79 Å². The number of nitrogens with one attached hydrogen (secondary N) is 1. The molecule has 1 saturated heterocycles. The van der Waals surface area contributed by atoms with Crippen LogP contribution >= 0.6 is 0 Å². The van der Waals surface area contributed by atoms with Crippen LogP contribution in [0.4, 0.5) is 10.5 Å². The second-order valence-electron chi connectivity index (χ2n) is 5.83. The molecule has 8 nitrogen and oxygen atoms in total. The van der Waals surface area contributed by atoms with Crippen molar-refractivity contribution in [3.8, 4) is 11.5 Å². The summed E-state index contributed by atoms with van der Waals surface area (Å²) < 4.78 is 11.0. The normalized spacial score (nSPS) is 19.3. The van der Waals surface area contributed by atoms with Crippen LogP contribution in [0, 0.1) is 0 Å². The number of carbonyl (C=O) groups excluding carboxylic acids is 2. The van der Waals surface area contributed by atoms with Crippen LogP contribution in [-0.2, 0) is 4.79 Å². The van der Waals surface area contributed by atoms with Gasteiger partial charge in [0, 0.05) is 38.3 Å². The molecule has 8 heteroatoms. The summed E-state index contributed by atoms with van der Waals surface area (Å²) in [7, 11) is 1.60. The van der Waals surface area contributed by atoms with Crippen LogP contribution < -0.4 is 19.7 Å². The summed E-state index contributed by atoms with van der Waals surface area (Å²) in [5, 5.41) is 11.7. The van der Waals surface area contributed by atoms with Gasteiger partial charge in [-0.3, -0.25) is 4.79 Å². The second kappa shape index (κ2) is 6.96. The number of rotatable bonds is 4. The Hall–Kier alpha value is -2.48. The lowest BCUT2D eigenvalue weighted by atomic mass is 10.2. The van der Waals surface area contributed by atoms with Crippen molar-refractivity contribution in [2.45, 2.75) is 12.5 Å². The van der Waals surface area contributed by atoms with Crippen LogP contribution in [0.2, 0.25) is 0 Å². The third-order valence-corrected chi connectivity index (χ3v) is 4.07. The molecule has 1 fully saturated rings. The van der Waals surface area contributed by atoms with Gasteiger partial charge >= 0.3 is 6.03 Å². The van der Waals surface area contributed by atoms with E-state index in [1.807, 2.05) is 6.07 Å². The minimum Gasteiger partial charge on any atom is -0.486 e. The summed E-state index contributed by atoms with van der Waals surface area (Å²) in [6.45, 7) is 1.55. The van der Waals surface area contributed by atoms with E-state index in [-0.39, 0.29) is 37.6 Å². The number of amides is 3. The average molecular weight is 335 g/mol. The first-order chi connectivity index (χ1) is 11.6. The van der Waals surface area contributed by atoms with Gasteiger partial charge < -0.3 is 29.7 Å². The van der Waals surface area contributed by atoms with Crippen LogP contribution in [0.1, 0.15) is 6.42 Å². The predicted octanol–water partition coefficient (Wildman–Crippen LogP) is 0.197. The molecule has 1 atom stereocenters. The maximum absolute atomic E-state index is 12.3. The van der Waals surface area contributed by atoms with Gasteiger partial charge in [-0.1, -0.05) is 0 Å². The molecule has 0 aliphatic carbocycles. The number of aliphatic hydroxyl groups excluding tert-OH is 1. The Balaban J connectivity index is 1.66. The lowest BCUT2D eigenvalue weighted by Crippen LogP contribution is -2.45. The lowest BCUT2D eigenvalue weighted by molar-refractivity contribution is -0.117. The van der Waals surface area contributed by atoms with E-state index in [2.05, 4.69) is 5.32 Å². The Morgan fingerprint density at radius 3 is 2.88 bits per heavy atom. The van der Waals surface area contributed by atoms with E-state index in [1.165, 1.54) is 4.90 Å². The van der Waals surface area contributed by atoms with Crippen LogP contribution in [0.5, 0.6) is 11.5 Å². The van der Waals surface area contributed by atoms with Gasteiger partial charge in [-0.2, -0.15) is 0 Å². The molecule has 2 aliphatic rings. The molecule has 1 aromatic carbocycles. The first kappa shape index (κ1) is 16.4. The van der Waals surface area contributed by atoms with Crippen molar-refractivity contribution in [2.24, 2.45) is 0 Å². The average Bonchev–Trinajstić information content (AvgIpc) is 2.95. The third kappa shape index (κ3) is 3.38. The Bertz CT molecular complexity index is 636.